The van der Waals surface area contributed by atoms with Crippen molar-refractivity contribution in [2.24, 2.45) is 0 Å². The molecule has 4 heteroatoms. The molecule has 44 heavy (non-hydrogen) atoms. The van der Waals surface area contributed by atoms with E-state index < -0.39 is 0 Å². The number of hydrogen-bond donors (Lipinski definition) is 0. The van der Waals surface area contributed by atoms with Gasteiger partial charge in [-0.1, -0.05) is 109 Å². The molecule has 0 aliphatic heterocycles. The highest BCUT2D eigenvalue weighted by Crippen LogP contribution is 2.45. The molecule has 0 saturated carbocycles. The number of thiophene rings is 2. The summed E-state index contributed by atoms with van der Waals surface area (Å²) in [7, 11) is 0. The summed E-state index contributed by atoms with van der Waals surface area (Å²) in [6.07, 6.45) is 0. The number of aromatic nitrogens is 2. The molecule has 4 aromatic heterocycles. The molecule has 0 fully saturated rings. The minimum atomic E-state index is 1.20. The van der Waals surface area contributed by atoms with Crippen molar-refractivity contribution in [1.29, 1.82) is 0 Å². The number of benzene rings is 6. The molecule has 0 N–H and O–H groups in total. The van der Waals surface area contributed by atoms with E-state index in [0.29, 0.717) is 0 Å². The number of fused-ring (bicyclic) bond motifs is 9. The number of hydrogen-bond acceptors (Lipinski definition) is 2. The summed E-state index contributed by atoms with van der Waals surface area (Å²) < 4.78 is 7.63. The maximum absolute atomic E-state index is 2.52. The van der Waals surface area contributed by atoms with Gasteiger partial charge < -0.3 is 9.13 Å². The summed E-state index contributed by atoms with van der Waals surface area (Å²) in [5, 5.41) is 12.4. The predicted octanol–water partition coefficient (Wildman–Crippen LogP) is 12.0. The van der Waals surface area contributed by atoms with E-state index in [1.165, 1.54) is 86.3 Å². The van der Waals surface area contributed by atoms with Crippen LogP contribution in [0.2, 0.25) is 0 Å². The van der Waals surface area contributed by atoms with Gasteiger partial charge in [0.25, 0.3) is 0 Å². The van der Waals surface area contributed by atoms with Crippen molar-refractivity contribution in [3.8, 4) is 22.5 Å². The van der Waals surface area contributed by atoms with Crippen molar-refractivity contribution in [3.63, 3.8) is 0 Å². The summed E-state index contributed by atoms with van der Waals surface area (Å²) in [5.74, 6) is 0. The first kappa shape index (κ1) is 24.3. The van der Waals surface area contributed by atoms with E-state index in [2.05, 4.69) is 153 Å². The van der Waals surface area contributed by atoms with Gasteiger partial charge in [-0.15, -0.1) is 22.7 Å². The zero-order valence-corrected chi connectivity index (χ0v) is 25.2. The molecule has 0 aliphatic rings. The zero-order valence-electron chi connectivity index (χ0n) is 23.6. The lowest BCUT2D eigenvalue weighted by molar-refractivity contribution is 1.11. The quantitative estimate of drug-likeness (QED) is 0.192. The van der Waals surface area contributed by atoms with Crippen LogP contribution in [0.4, 0.5) is 0 Å². The standard InChI is InChI=1S/C40H24N2S2/c1-5-19-33-25(11-1)26-12-2-6-20-34(26)41(33)36-23-43-24-37(36)42-35-21-7-3-13-27(35)29-15-9-16-30(39(29)42)32-18-10-17-31-28-14-4-8-22-38(28)44-40(31)32/h1-24H. The zero-order chi connectivity index (χ0) is 28.8. The molecule has 0 saturated heterocycles. The van der Waals surface area contributed by atoms with Crippen LogP contribution < -0.4 is 0 Å². The van der Waals surface area contributed by atoms with E-state index in [1.807, 2.05) is 11.3 Å². The Balaban J connectivity index is 1.34. The lowest BCUT2D eigenvalue weighted by atomic mass is 10.00. The van der Waals surface area contributed by atoms with Crippen LogP contribution in [0.5, 0.6) is 0 Å². The van der Waals surface area contributed by atoms with E-state index in [9.17, 15) is 0 Å². The average Bonchev–Trinajstić information content (AvgIpc) is 3.85. The second-order valence-corrected chi connectivity index (χ2v) is 13.1. The van der Waals surface area contributed by atoms with E-state index in [4.69, 9.17) is 0 Å². The van der Waals surface area contributed by atoms with E-state index in [-0.39, 0.29) is 0 Å². The van der Waals surface area contributed by atoms with Crippen molar-refractivity contribution in [2.75, 3.05) is 0 Å². The van der Waals surface area contributed by atoms with Gasteiger partial charge in [-0.25, -0.2) is 0 Å². The van der Waals surface area contributed by atoms with Gasteiger partial charge in [-0.05, 0) is 24.3 Å². The van der Waals surface area contributed by atoms with Gasteiger partial charge in [0, 0.05) is 63.6 Å². The predicted molar refractivity (Wildman–Crippen MR) is 191 cm³/mol. The Hall–Kier alpha value is -5.16. The van der Waals surface area contributed by atoms with Crippen molar-refractivity contribution in [2.45, 2.75) is 0 Å². The van der Waals surface area contributed by atoms with E-state index in [1.54, 1.807) is 11.3 Å². The van der Waals surface area contributed by atoms with Crippen LogP contribution in [0.15, 0.2) is 144 Å². The molecule has 0 spiro atoms. The van der Waals surface area contributed by atoms with Crippen LogP contribution in [0.1, 0.15) is 0 Å². The minimum absolute atomic E-state index is 1.20. The smallest absolute Gasteiger partial charge is 0.0811 e. The molecule has 0 amide bonds. The van der Waals surface area contributed by atoms with Gasteiger partial charge in [0.05, 0.1) is 33.4 Å². The van der Waals surface area contributed by atoms with Gasteiger partial charge in [0.15, 0.2) is 0 Å². The molecule has 0 aliphatic carbocycles. The van der Waals surface area contributed by atoms with Crippen molar-refractivity contribution < 1.29 is 0 Å². The van der Waals surface area contributed by atoms with Crippen molar-refractivity contribution in [3.05, 3.63) is 144 Å². The first-order chi connectivity index (χ1) is 21.9. The Morgan fingerprint density at radius 3 is 1.59 bits per heavy atom. The van der Waals surface area contributed by atoms with Crippen LogP contribution in [0.25, 0.3) is 86.3 Å². The molecule has 0 bridgehead atoms. The summed E-state index contributed by atoms with van der Waals surface area (Å²) in [5.41, 5.74) is 9.86. The first-order valence-electron chi connectivity index (χ1n) is 14.8. The summed E-state index contributed by atoms with van der Waals surface area (Å²) in [6.45, 7) is 0. The van der Waals surface area contributed by atoms with Crippen LogP contribution in [-0.4, -0.2) is 9.13 Å². The summed E-state index contributed by atoms with van der Waals surface area (Å²) in [6, 6.07) is 48.8. The lowest BCUT2D eigenvalue weighted by Gasteiger charge is -2.15. The highest BCUT2D eigenvalue weighted by molar-refractivity contribution is 7.26. The summed E-state index contributed by atoms with van der Waals surface area (Å²) >= 11 is 3.66. The van der Waals surface area contributed by atoms with Crippen LogP contribution in [0, 0.1) is 0 Å². The SMILES string of the molecule is c1ccc2c(c1)sc1c(-c3cccc4c5ccccc5n(-c5cscc5-n5c6ccccc6c6ccccc65)c34)cccc12. The molecular formula is C40H24N2S2. The number of nitrogens with zero attached hydrogens (tertiary/aromatic N) is 2. The van der Waals surface area contributed by atoms with Crippen molar-refractivity contribution in [1.82, 2.24) is 9.13 Å². The Morgan fingerprint density at radius 2 is 0.886 bits per heavy atom. The van der Waals surface area contributed by atoms with Gasteiger partial charge in [0.2, 0.25) is 0 Å². The van der Waals surface area contributed by atoms with Crippen molar-refractivity contribution >= 4 is 86.5 Å². The highest BCUT2D eigenvalue weighted by atomic mass is 32.1. The van der Waals surface area contributed by atoms with Gasteiger partial charge in [0.1, 0.15) is 0 Å². The fraction of sp³-hybridized carbons (Fsp3) is 0. The van der Waals surface area contributed by atoms with Crippen LogP contribution in [0.3, 0.4) is 0 Å². The first-order valence-corrected chi connectivity index (χ1v) is 16.6. The molecule has 10 rings (SSSR count). The third kappa shape index (κ3) is 3.24. The van der Waals surface area contributed by atoms with Gasteiger partial charge in [-0.2, -0.15) is 0 Å². The molecule has 206 valence electrons. The maximum Gasteiger partial charge on any atom is 0.0811 e. The van der Waals surface area contributed by atoms with Crippen LogP contribution >= 0.6 is 22.7 Å². The molecule has 4 heterocycles. The molecule has 0 atom stereocenters. The Morgan fingerprint density at radius 1 is 0.386 bits per heavy atom. The molecule has 10 aromatic rings. The fourth-order valence-electron chi connectivity index (χ4n) is 7.25. The monoisotopic (exact) mass is 596 g/mol. The molecular weight excluding hydrogens is 573 g/mol. The second-order valence-electron chi connectivity index (χ2n) is 11.3. The molecule has 0 unspecified atom stereocenters. The molecule has 0 radical (unpaired) electrons. The third-order valence-electron chi connectivity index (χ3n) is 9.07. The van der Waals surface area contributed by atoms with Gasteiger partial charge in [-0.3, -0.25) is 0 Å². The Kier molecular flexibility index (Phi) is 5.06. The van der Waals surface area contributed by atoms with E-state index in [0.717, 1.165) is 0 Å². The Labute approximate surface area is 261 Å². The van der Waals surface area contributed by atoms with Gasteiger partial charge >= 0.3 is 0 Å². The normalized spacial score (nSPS) is 12.1. The lowest BCUT2D eigenvalue weighted by Crippen LogP contribution is -2.01. The summed E-state index contributed by atoms with van der Waals surface area (Å²) in [4.78, 5) is 0. The fourth-order valence-corrected chi connectivity index (χ4v) is 9.25. The number of rotatable bonds is 3. The average molecular weight is 597 g/mol. The van der Waals surface area contributed by atoms with Crippen LogP contribution in [-0.2, 0) is 0 Å². The maximum atomic E-state index is 2.52. The second kappa shape index (κ2) is 9.17. The minimum Gasteiger partial charge on any atom is -0.306 e. The Bertz CT molecular complexity index is 2680. The molecule has 2 nitrogen and oxygen atoms in total. The topological polar surface area (TPSA) is 9.86 Å². The largest absolute Gasteiger partial charge is 0.306 e. The number of para-hydroxylation sites is 4. The third-order valence-corrected chi connectivity index (χ3v) is 11.0. The molecule has 6 aromatic carbocycles. The van der Waals surface area contributed by atoms with E-state index >= 15 is 0 Å². The highest BCUT2D eigenvalue weighted by Gasteiger charge is 2.22.